The van der Waals surface area contributed by atoms with E-state index in [1.807, 2.05) is 0 Å². The molecule has 17 nitrogen and oxygen atoms in total. The molecule has 0 aliphatic rings. The number of ether oxygens (including phenoxy) is 1. The number of aliphatic hydroxyl groups is 4. The molecule has 0 unspecified atom stereocenters. The maximum absolute atomic E-state index is 13.0. The fourth-order valence-corrected chi connectivity index (χ4v) is 7.01. The van der Waals surface area contributed by atoms with Crippen molar-refractivity contribution >= 4 is 104 Å². The van der Waals surface area contributed by atoms with E-state index in [9.17, 15) is 36.6 Å². The van der Waals surface area contributed by atoms with Gasteiger partial charge in [0, 0.05) is 66.4 Å². The Morgan fingerprint density at radius 2 is 1.03 bits per heavy atom. The van der Waals surface area contributed by atoms with Gasteiger partial charge in [-0.25, -0.2) is 9.97 Å². The number of phenolic OH excluding ortho intramolecular Hbond substituents is 1. The van der Waals surface area contributed by atoms with E-state index < -0.39 is 42.3 Å². The van der Waals surface area contributed by atoms with Gasteiger partial charge in [-0.1, -0.05) is 79.9 Å². The Morgan fingerprint density at radius 1 is 0.611 bits per heavy atom. The van der Waals surface area contributed by atoms with Crippen LogP contribution in [0.25, 0.3) is 57.2 Å². The molecule has 0 saturated carbocycles. The SMILES string of the molecule is CCO.OC(CCl)CCl.OC[C@H](O)COc1cc(Cl)c(-c2noc(-c3cn4cc(C(F)(F)F)cc(Cl)c4n3)n2)cc1Cl.Oc1cc(Cl)c(-c2noc(-c3cn4cc(C(F)(F)F)cc(Cl)c4n3)n2)cc1Cl.[Na+].[OH-]. The number of aromatic hydroxyl groups is 1. The van der Waals surface area contributed by atoms with E-state index in [1.54, 1.807) is 6.92 Å². The van der Waals surface area contributed by atoms with Gasteiger partial charge in [-0.2, -0.15) is 36.3 Å². The van der Waals surface area contributed by atoms with Gasteiger partial charge >= 0.3 is 41.9 Å². The summed E-state index contributed by atoms with van der Waals surface area (Å²) in [6, 6.07) is 6.92. The molecule has 32 heteroatoms. The molecule has 0 aliphatic carbocycles. The van der Waals surface area contributed by atoms with Crippen molar-refractivity contribution < 1.29 is 101 Å². The van der Waals surface area contributed by atoms with Crippen LogP contribution in [0.2, 0.25) is 30.1 Å². The Kier molecular flexibility index (Phi) is 23.7. The van der Waals surface area contributed by atoms with Crippen LogP contribution >= 0.6 is 92.8 Å². The Morgan fingerprint density at radius 3 is 1.42 bits per heavy atom. The van der Waals surface area contributed by atoms with Crippen molar-refractivity contribution in [1.82, 2.24) is 39.1 Å². The Hall–Kier alpha value is -3.60. The number of aliphatic hydroxyl groups excluding tert-OH is 4. The number of benzene rings is 2. The summed E-state index contributed by atoms with van der Waals surface area (Å²) in [4.78, 5) is 16.6. The van der Waals surface area contributed by atoms with Crippen LogP contribution in [-0.2, 0) is 12.4 Å². The quantitative estimate of drug-likeness (QED) is 0.0492. The summed E-state index contributed by atoms with van der Waals surface area (Å²) in [6.45, 7) is 1.24. The first-order valence-corrected chi connectivity index (χ1v) is 22.5. The van der Waals surface area contributed by atoms with E-state index >= 15 is 0 Å². The summed E-state index contributed by atoms with van der Waals surface area (Å²) >= 11 is 46.5. The smallest absolute Gasteiger partial charge is 0.870 e. The zero-order chi connectivity index (χ0) is 51.8. The van der Waals surface area contributed by atoms with E-state index in [-0.39, 0.29) is 153 Å². The molecule has 72 heavy (non-hydrogen) atoms. The molecule has 0 saturated heterocycles. The number of imidazole rings is 2. The van der Waals surface area contributed by atoms with Crippen molar-refractivity contribution in [1.29, 1.82) is 0 Å². The summed E-state index contributed by atoms with van der Waals surface area (Å²) < 4.78 is 95.8. The number of aromatic nitrogens is 8. The summed E-state index contributed by atoms with van der Waals surface area (Å²) in [6.07, 6.45) is -6.52. The predicted molar refractivity (Wildman–Crippen MR) is 250 cm³/mol. The van der Waals surface area contributed by atoms with Crippen molar-refractivity contribution in [3.05, 3.63) is 102 Å². The molecule has 0 amide bonds. The third-order valence-corrected chi connectivity index (χ3v) is 11.0. The van der Waals surface area contributed by atoms with Gasteiger partial charge < -0.3 is 53.6 Å². The molecule has 0 bridgehead atoms. The third-order valence-electron chi connectivity index (χ3n) is 8.50. The van der Waals surface area contributed by atoms with Gasteiger partial charge in [0.25, 0.3) is 11.8 Å². The second kappa shape index (κ2) is 27.3. The first-order valence-electron chi connectivity index (χ1n) is 19.1. The first-order chi connectivity index (χ1) is 32.9. The zero-order valence-corrected chi connectivity index (χ0v) is 44.3. The van der Waals surface area contributed by atoms with Crippen molar-refractivity contribution in [2.45, 2.75) is 31.5 Å². The summed E-state index contributed by atoms with van der Waals surface area (Å²) in [5, 5.41) is 51.4. The third kappa shape index (κ3) is 16.0. The van der Waals surface area contributed by atoms with Gasteiger partial charge in [0.05, 0.1) is 54.0 Å². The number of hydrogen-bond donors (Lipinski definition) is 5. The van der Waals surface area contributed by atoms with Crippen molar-refractivity contribution in [2.24, 2.45) is 0 Å². The number of nitrogens with zero attached hydrogens (tertiary/aromatic N) is 8. The molecule has 1 atom stereocenters. The minimum atomic E-state index is -4.58. The number of fused-ring (bicyclic) bond motifs is 2. The van der Waals surface area contributed by atoms with Gasteiger partial charge in [0.1, 0.15) is 35.6 Å². The van der Waals surface area contributed by atoms with E-state index in [2.05, 4.69) is 30.2 Å². The predicted octanol–water partition coefficient (Wildman–Crippen LogP) is 8.15. The van der Waals surface area contributed by atoms with E-state index in [4.69, 9.17) is 122 Å². The van der Waals surface area contributed by atoms with Gasteiger partial charge in [0.15, 0.2) is 11.3 Å². The number of hydrogen-bond acceptors (Lipinski definition) is 15. The molecule has 6 aromatic heterocycles. The molecule has 0 spiro atoms. The van der Waals surface area contributed by atoms with Crippen LogP contribution in [0.4, 0.5) is 26.3 Å². The molecule has 6 heterocycles. The Balaban J connectivity index is 0.000000320. The number of halogens is 14. The number of alkyl halides is 8. The van der Waals surface area contributed by atoms with Crippen molar-refractivity contribution in [2.75, 3.05) is 31.6 Å². The number of rotatable bonds is 10. The average molecular weight is 1190 g/mol. The molecule has 8 rings (SSSR count). The van der Waals surface area contributed by atoms with Gasteiger partial charge in [-0.15, -0.1) is 23.2 Å². The number of phenols is 1. The maximum atomic E-state index is 13.0. The van der Waals surface area contributed by atoms with Crippen LogP contribution in [0.1, 0.15) is 18.1 Å². The molecule has 0 aliphatic heterocycles. The summed E-state index contributed by atoms with van der Waals surface area (Å²) in [5.41, 5.74) is -0.914. The Bertz CT molecular complexity index is 3070. The van der Waals surface area contributed by atoms with Gasteiger partial charge in [0.2, 0.25) is 11.6 Å². The van der Waals surface area contributed by atoms with Crippen LogP contribution in [-0.4, -0.2) is 114 Å². The minimum absolute atomic E-state index is 0. The normalized spacial score (nSPS) is 11.7. The second-order valence-corrected chi connectivity index (χ2v) is 16.7. The van der Waals surface area contributed by atoms with Gasteiger partial charge in [-0.05, 0) is 31.2 Å². The molecular formula is C40H31Cl8F6N8NaO9. The minimum Gasteiger partial charge on any atom is -0.870 e. The molecule has 2 aromatic carbocycles. The average Bonchev–Trinajstić information content (AvgIpc) is 4.14. The standard InChI is InChI=1S/C19H12Cl3F3N4O4.C16H6Cl3F3N4O2.C3H6Cl2O.C2H6O.Na.H2O/c20-11-3-15(32-7-9(31)6-30)12(21)2-10(11)16-27-18(33-28-16)14-5-29-4-8(19(23,24)25)1-13(22)17(29)26-14;17-8-3-12(27)9(18)2-7(8)13-24-15(28-25-13)11-5-26-4-6(16(20,21)22)1-10(19)14(26)23-11;4-1-3(6)2-5;1-2-3;;/h1-5,9,30-31H,6-7H2;1-5,27H;3,6H,1-2H2;3H,2H2,1H3;;1H2/q;;;;+1;/p-1/t9-;;;;;/m0...../s1. The molecule has 0 radical (unpaired) electrons. The summed E-state index contributed by atoms with van der Waals surface area (Å²) in [5.74, 6) is 0.346. The van der Waals surface area contributed by atoms with E-state index in [0.717, 1.165) is 33.3 Å². The Labute approximate surface area is 463 Å². The monoisotopic (exact) mass is 1180 g/mol. The molecular weight excluding hydrogens is 1160 g/mol. The largest absolute Gasteiger partial charge is 1.00 e. The van der Waals surface area contributed by atoms with Crippen LogP contribution in [0.3, 0.4) is 0 Å². The van der Waals surface area contributed by atoms with Crippen LogP contribution in [0.5, 0.6) is 11.5 Å². The first kappa shape index (κ1) is 62.7. The zero-order valence-electron chi connectivity index (χ0n) is 36.2. The topological polar surface area (TPSA) is 253 Å². The van der Waals surface area contributed by atoms with Crippen LogP contribution < -0.4 is 34.3 Å². The molecule has 0 fully saturated rings. The second-order valence-electron chi connectivity index (χ2n) is 13.7. The van der Waals surface area contributed by atoms with Gasteiger partial charge in [-0.3, -0.25) is 0 Å². The number of pyridine rings is 2. The van der Waals surface area contributed by atoms with Crippen LogP contribution in [0, 0.1) is 0 Å². The van der Waals surface area contributed by atoms with Crippen molar-refractivity contribution in [3.63, 3.8) is 0 Å². The fourth-order valence-electron chi connectivity index (χ4n) is 5.30. The molecule has 8 aromatic rings. The van der Waals surface area contributed by atoms with Crippen LogP contribution in [0.15, 0.2) is 70.2 Å². The van der Waals surface area contributed by atoms with E-state index in [0.29, 0.717) is 5.56 Å². The molecule has 384 valence electrons. The molecule has 6 N–H and O–H groups in total. The van der Waals surface area contributed by atoms with E-state index in [1.165, 1.54) is 36.7 Å². The summed E-state index contributed by atoms with van der Waals surface area (Å²) in [7, 11) is 0. The maximum Gasteiger partial charge on any atom is 1.00 e. The fraction of sp³-hybridized carbons (Fsp3) is 0.250. The van der Waals surface area contributed by atoms with Crippen molar-refractivity contribution in [3.8, 4) is 57.4 Å².